The number of nitrogens with zero attached hydrogens (tertiary/aromatic N) is 3. The van der Waals surface area contributed by atoms with Gasteiger partial charge in [-0.25, -0.2) is 0 Å². The summed E-state index contributed by atoms with van der Waals surface area (Å²) in [6, 6.07) is 5.71. The van der Waals surface area contributed by atoms with Crippen LogP contribution in [0.1, 0.15) is 44.0 Å². The van der Waals surface area contributed by atoms with Crippen LogP contribution in [0.4, 0.5) is 5.69 Å². The van der Waals surface area contributed by atoms with Gasteiger partial charge in [0.25, 0.3) is 0 Å². The lowest BCUT2D eigenvalue weighted by Crippen LogP contribution is -2.33. The van der Waals surface area contributed by atoms with Crippen molar-refractivity contribution in [2.24, 2.45) is 0 Å². The normalized spacial score (nSPS) is 14.2. The molecular formula is C20H26ClN5O2S. The van der Waals surface area contributed by atoms with Crippen molar-refractivity contribution in [1.82, 2.24) is 20.1 Å². The minimum Gasteiger partial charge on any atom is -0.353 e. The molecule has 1 aliphatic rings. The fourth-order valence-corrected chi connectivity index (χ4v) is 4.38. The van der Waals surface area contributed by atoms with Crippen LogP contribution in [-0.4, -0.2) is 38.4 Å². The third-order valence-corrected chi connectivity index (χ3v) is 6.31. The van der Waals surface area contributed by atoms with Gasteiger partial charge >= 0.3 is 0 Å². The molecule has 0 aliphatic heterocycles. The average Bonchev–Trinajstić information content (AvgIpc) is 3.32. The number of benzene rings is 1. The van der Waals surface area contributed by atoms with E-state index >= 15 is 0 Å². The predicted octanol–water partition coefficient (Wildman–Crippen LogP) is 3.59. The van der Waals surface area contributed by atoms with Crippen LogP contribution in [-0.2, 0) is 22.6 Å². The van der Waals surface area contributed by atoms with Gasteiger partial charge in [0.05, 0.1) is 12.2 Å². The fourth-order valence-electron chi connectivity index (χ4n) is 3.36. The highest BCUT2D eigenvalue weighted by Gasteiger charge is 2.19. The van der Waals surface area contributed by atoms with Gasteiger partial charge in [0.2, 0.25) is 11.8 Å². The highest BCUT2D eigenvalue weighted by molar-refractivity contribution is 7.99. The Morgan fingerprint density at radius 2 is 2.00 bits per heavy atom. The van der Waals surface area contributed by atoms with Crippen LogP contribution in [0.25, 0.3) is 0 Å². The summed E-state index contributed by atoms with van der Waals surface area (Å²) in [4.78, 5) is 24.6. The molecule has 1 fully saturated rings. The topological polar surface area (TPSA) is 88.9 Å². The van der Waals surface area contributed by atoms with Gasteiger partial charge in [0.1, 0.15) is 5.82 Å². The van der Waals surface area contributed by atoms with E-state index in [1.807, 2.05) is 30.5 Å². The van der Waals surface area contributed by atoms with Crippen LogP contribution in [0, 0.1) is 6.92 Å². The standard InChI is InChI=1S/C20H26ClN5O2S/c1-3-26-17(11-18(27)23-15-9-8-13(2)16(21)10-15)24-25-20(26)29-12-19(28)22-14-6-4-5-7-14/h8-10,14H,3-7,11-12H2,1-2H3,(H,22,28)(H,23,27). The molecule has 1 aromatic heterocycles. The summed E-state index contributed by atoms with van der Waals surface area (Å²) in [5.74, 6) is 0.690. The molecular weight excluding hydrogens is 410 g/mol. The van der Waals surface area contributed by atoms with Crippen molar-refractivity contribution in [3.05, 3.63) is 34.6 Å². The number of anilines is 1. The van der Waals surface area contributed by atoms with Gasteiger partial charge in [-0.15, -0.1) is 10.2 Å². The van der Waals surface area contributed by atoms with Crippen LogP contribution in [0.2, 0.25) is 5.02 Å². The summed E-state index contributed by atoms with van der Waals surface area (Å²) >= 11 is 7.46. The Labute approximate surface area is 180 Å². The van der Waals surface area contributed by atoms with E-state index < -0.39 is 0 Å². The number of hydrogen-bond donors (Lipinski definition) is 2. The molecule has 1 saturated carbocycles. The smallest absolute Gasteiger partial charge is 0.232 e. The van der Waals surface area contributed by atoms with E-state index in [2.05, 4.69) is 20.8 Å². The molecule has 0 unspecified atom stereocenters. The van der Waals surface area contributed by atoms with Crippen LogP contribution in [0.15, 0.2) is 23.4 Å². The molecule has 0 saturated heterocycles. The molecule has 0 spiro atoms. The Morgan fingerprint density at radius 1 is 1.24 bits per heavy atom. The van der Waals surface area contributed by atoms with Crippen molar-refractivity contribution in [1.29, 1.82) is 0 Å². The summed E-state index contributed by atoms with van der Waals surface area (Å²) < 4.78 is 1.87. The number of carbonyl (C=O) groups excluding carboxylic acids is 2. The first-order chi connectivity index (χ1) is 14.0. The number of thioether (sulfide) groups is 1. The van der Waals surface area contributed by atoms with Crippen molar-refractivity contribution < 1.29 is 9.59 Å². The summed E-state index contributed by atoms with van der Waals surface area (Å²) in [5.41, 5.74) is 1.60. The molecule has 0 radical (unpaired) electrons. The number of rotatable bonds is 8. The molecule has 2 amide bonds. The first-order valence-electron chi connectivity index (χ1n) is 9.86. The molecule has 1 aromatic carbocycles. The second kappa shape index (κ2) is 10.1. The molecule has 156 valence electrons. The summed E-state index contributed by atoms with van der Waals surface area (Å²) in [5, 5.41) is 15.5. The maximum atomic E-state index is 12.4. The van der Waals surface area contributed by atoms with Crippen molar-refractivity contribution >= 4 is 40.9 Å². The van der Waals surface area contributed by atoms with E-state index in [4.69, 9.17) is 11.6 Å². The lowest BCUT2D eigenvalue weighted by Gasteiger charge is -2.12. The van der Waals surface area contributed by atoms with E-state index in [0.717, 1.165) is 18.4 Å². The van der Waals surface area contributed by atoms with Gasteiger partial charge in [0.15, 0.2) is 5.16 Å². The van der Waals surface area contributed by atoms with Gasteiger partial charge in [-0.1, -0.05) is 42.3 Å². The van der Waals surface area contributed by atoms with Crippen LogP contribution in [0.5, 0.6) is 0 Å². The minimum atomic E-state index is -0.192. The molecule has 0 bridgehead atoms. The molecule has 1 aliphatic carbocycles. The van der Waals surface area contributed by atoms with E-state index in [1.165, 1.54) is 24.6 Å². The Balaban J connectivity index is 1.55. The van der Waals surface area contributed by atoms with Gasteiger partial charge < -0.3 is 15.2 Å². The quantitative estimate of drug-likeness (QED) is 0.618. The molecule has 29 heavy (non-hydrogen) atoms. The largest absolute Gasteiger partial charge is 0.353 e. The van der Waals surface area contributed by atoms with Crippen molar-refractivity contribution in [2.45, 2.75) is 63.7 Å². The fraction of sp³-hybridized carbons (Fsp3) is 0.500. The molecule has 2 aromatic rings. The number of amides is 2. The van der Waals surface area contributed by atoms with Gasteiger partial charge in [-0.2, -0.15) is 0 Å². The zero-order chi connectivity index (χ0) is 20.8. The molecule has 9 heteroatoms. The van der Waals surface area contributed by atoms with Crippen LogP contribution < -0.4 is 10.6 Å². The van der Waals surface area contributed by atoms with Crippen LogP contribution >= 0.6 is 23.4 Å². The molecule has 3 rings (SSSR count). The van der Waals surface area contributed by atoms with Crippen molar-refractivity contribution in [3.63, 3.8) is 0 Å². The number of carbonyl (C=O) groups is 2. The van der Waals surface area contributed by atoms with E-state index in [1.54, 1.807) is 6.07 Å². The minimum absolute atomic E-state index is 0.0168. The molecule has 1 heterocycles. The Hall–Kier alpha value is -2.06. The second-order valence-corrected chi connectivity index (χ2v) is 8.52. The Morgan fingerprint density at radius 3 is 2.69 bits per heavy atom. The molecule has 2 N–H and O–H groups in total. The number of nitrogens with one attached hydrogen (secondary N) is 2. The van der Waals surface area contributed by atoms with Crippen molar-refractivity contribution in [2.75, 3.05) is 11.1 Å². The first-order valence-corrected chi connectivity index (χ1v) is 11.2. The highest BCUT2D eigenvalue weighted by Crippen LogP contribution is 2.21. The summed E-state index contributed by atoms with van der Waals surface area (Å²) in [7, 11) is 0. The number of halogens is 1. The number of aromatic nitrogens is 3. The third kappa shape index (κ3) is 5.96. The molecule has 0 atom stereocenters. The predicted molar refractivity (Wildman–Crippen MR) is 115 cm³/mol. The Kier molecular flexibility index (Phi) is 7.55. The molecule has 7 nitrogen and oxygen atoms in total. The first kappa shape index (κ1) is 21.6. The zero-order valence-corrected chi connectivity index (χ0v) is 18.3. The van der Waals surface area contributed by atoms with E-state index in [0.29, 0.717) is 40.0 Å². The van der Waals surface area contributed by atoms with Gasteiger partial charge in [0, 0.05) is 23.3 Å². The maximum Gasteiger partial charge on any atom is 0.232 e. The van der Waals surface area contributed by atoms with Gasteiger partial charge in [-0.3, -0.25) is 9.59 Å². The number of hydrogen-bond acceptors (Lipinski definition) is 5. The van der Waals surface area contributed by atoms with E-state index in [-0.39, 0.29) is 18.2 Å². The van der Waals surface area contributed by atoms with E-state index in [9.17, 15) is 9.59 Å². The highest BCUT2D eigenvalue weighted by atomic mass is 35.5. The lowest BCUT2D eigenvalue weighted by molar-refractivity contribution is -0.119. The zero-order valence-electron chi connectivity index (χ0n) is 16.7. The summed E-state index contributed by atoms with van der Waals surface area (Å²) in [6.45, 7) is 4.50. The SMILES string of the molecule is CCn1c(CC(=O)Nc2ccc(C)c(Cl)c2)nnc1SCC(=O)NC1CCCC1. The van der Waals surface area contributed by atoms with Crippen molar-refractivity contribution in [3.8, 4) is 0 Å². The van der Waals surface area contributed by atoms with Gasteiger partial charge in [-0.05, 0) is 44.4 Å². The lowest BCUT2D eigenvalue weighted by atomic mass is 10.2. The number of aryl methyl sites for hydroxylation is 1. The average molecular weight is 436 g/mol. The maximum absolute atomic E-state index is 12.4. The Bertz CT molecular complexity index is 880. The third-order valence-electron chi connectivity index (χ3n) is 4.94. The monoisotopic (exact) mass is 435 g/mol. The summed E-state index contributed by atoms with van der Waals surface area (Å²) in [6.07, 6.45) is 4.59. The van der Waals surface area contributed by atoms with Crippen LogP contribution in [0.3, 0.4) is 0 Å². The second-order valence-electron chi connectivity index (χ2n) is 7.17.